The predicted molar refractivity (Wildman–Crippen MR) is 109 cm³/mol. The van der Waals surface area contributed by atoms with Gasteiger partial charge in [0.2, 0.25) is 0 Å². The lowest BCUT2D eigenvalue weighted by Gasteiger charge is -2.23. The number of rotatable bonds is 5. The largest absolute Gasteiger partial charge is 0.348 e. The number of carbonyl (C=O) groups excluding carboxylic acids is 1. The molecule has 1 fully saturated rings. The molecule has 0 spiro atoms. The van der Waals surface area contributed by atoms with Crippen molar-refractivity contribution in [2.45, 2.75) is 30.7 Å². The summed E-state index contributed by atoms with van der Waals surface area (Å²) < 4.78 is 41.0. The van der Waals surface area contributed by atoms with E-state index in [0.29, 0.717) is 11.1 Å². The van der Waals surface area contributed by atoms with Gasteiger partial charge in [-0.3, -0.25) is 9.52 Å². The van der Waals surface area contributed by atoms with Crippen LogP contribution >= 0.6 is 12.4 Å². The van der Waals surface area contributed by atoms with Crippen molar-refractivity contribution in [2.24, 2.45) is 0 Å². The van der Waals surface area contributed by atoms with Gasteiger partial charge in [0, 0.05) is 23.8 Å². The lowest BCUT2D eigenvalue weighted by atomic mass is 10.1. The lowest BCUT2D eigenvalue weighted by Crippen LogP contribution is -2.45. The molecule has 1 aliphatic rings. The molecule has 3 rings (SSSR count). The summed E-state index contributed by atoms with van der Waals surface area (Å²) in [7, 11) is -3.95. The van der Waals surface area contributed by atoms with Crippen molar-refractivity contribution in [3.05, 3.63) is 59.4 Å². The quantitative estimate of drug-likeness (QED) is 0.684. The molecule has 0 radical (unpaired) electrons. The van der Waals surface area contributed by atoms with E-state index in [2.05, 4.69) is 15.4 Å². The van der Waals surface area contributed by atoms with Crippen LogP contribution in [0.4, 0.5) is 10.1 Å². The molecular formula is C19H23ClFN3O3S. The second kappa shape index (κ2) is 9.36. The Kier molecular flexibility index (Phi) is 7.40. The summed E-state index contributed by atoms with van der Waals surface area (Å²) in [4.78, 5) is 12.2. The monoisotopic (exact) mass is 427 g/mol. The number of benzene rings is 2. The minimum absolute atomic E-state index is 0. The van der Waals surface area contributed by atoms with E-state index in [4.69, 9.17) is 0 Å². The summed E-state index contributed by atoms with van der Waals surface area (Å²) in [5, 5.41) is 6.17. The Labute approximate surface area is 170 Å². The maximum Gasteiger partial charge on any atom is 0.261 e. The highest BCUT2D eigenvalue weighted by atomic mass is 35.5. The maximum absolute atomic E-state index is 13.7. The van der Waals surface area contributed by atoms with Gasteiger partial charge in [0.1, 0.15) is 5.82 Å². The zero-order chi connectivity index (χ0) is 19.4. The Morgan fingerprint density at radius 1 is 1.21 bits per heavy atom. The fourth-order valence-corrected chi connectivity index (χ4v) is 3.98. The normalized spacial score (nSPS) is 16.7. The number of sulfonamides is 1. The van der Waals surface area contributed by atoms with Crippen molar-refractivity contribution in [3.8, 4) is 0 Å². The van der Waals surface area contributed by atoms with Gasteiger partial charge in [0.15, 0.2) is 0 Å². The van der Waals surface area contributed by atoms with E-state index in [-0.39, 0.29) is 34.9 Å². The first-order valence-corrected chi connectivity index (χ1v) is 10.2. The SMILES string of the molecule is Cc1ccc(S(=O)(=O)Nc2cccc(C(=O)NC3CCCNC3)c2)cc1F.Cl. The summed E-state index contributed by atoms with van der Waals surface area (Å²) in [6, 6.07) is 10.0. The summed E-state index contributed by atoms with van der Waals surface area (Å²) in [5.74, 6) is -0.849. The molecule has 0 saturated carbocycles. The number of amides is 1. The van der Waals surface area contributed by atoms with Gasteiger partial charge in [-0.05, 0) is 62.2 Å². The Morgan fingerprint density at radius 3 is 2.68 bits per heavy atom. The van der Waals surface area contributed by atoms with E-state index in [9.17, 15) is 17.6 Å². The topological polar surface area (TPSA) is 87.3 Å². The molecule has 1 atom stereocenters. The smallest absolute Gasteiger partial charge is 0.261 e. The molecule has 2 aromatic carbocycles. The Morgan fingerprint density at radius 2 is 2.00 bits per heavy atom. The molecule has 3 N–H and O–H groups in total. The van der Waals surface area contributed by atoms with Crippen molar-refractivity contribution in [1.82, 2.24) is 10.6 Å². The summed E-state index contributed by atoms with van der Waals surface area (Å²) in [6.07, 6.45) is 1.90. The summed E-state index contributed by atoms with van der Waals surface area (Å²) in [5.41, 5.74) is 0.964. The van der Waals surface area contributed by atoms with Crippen LogP contribution in [0.5, 0.6) is 0 Å². The van der Waals surface area contributed by atoms with E-state index in [1.54, 1.807) is 25.1 Å². The van der Waals surface area contributed by atoms with Crippen LogP contribution in [0.2, 0.25) is 0 Å². The Balaban J connectivity index is 0.00000280. The van der Waals surface area contributed by atoms with Crippen molar-refractivity contribution >= 4 is 34.0 Å². The van der Waals surface area contributed by atoms with Crippen LogP contribution in [-0.4, -0.2) is 33.5 Å². The molecule has 152 valence electrons. The first-order valence-electron chi connectivity index (χ1n) is 8.76. The Bertz CT molecular complexity index is 947. The minimum atomic E-state index is -3.95. The number of carbonyl (C=O) groups is 1. The molecule has 0 bridgehead atoms. The molecule has 1 heterocycles. The van der Waals surface area contributed by atoms with Gasteiger partial charge in [0.05, 0.1) is 4.90 Å². The van der Waals surface area contributed by atoms with Gasteiger partial charge in [-0.2, -0.15) is 0 Å². The second-order valence-corrected chi connectivity index (χ2v) is 8.30. The van der Waals surface area contributed by atoms with Crippen molar-refractivity contribution in [1.29, 1.82) is 0 Å². The van der Waals surface area contributed by atoms with E-state index in [1.165, 1.54) is 18.2 Å². The van der Waals surface area contributed by atoms with Crippen LogP contribution in [0.25, 0.3) is 0 Å². The third-order valence-electron chi connectivity index (χ3n) is 4.46. The van der Waals surface area contributed by atoms with Gasteiger partial charge in [-0.25, -0.2) is 12.8 Å². The third-order valence-corrected chi connectivity index (χ3v) is 5.84. The van der Waals surface area contributed by atoms with E-state index < -0.39 is 15.8 Å². The van der Waals surface area contributed by atoms with Crippen LogP contribution < -0.4 is 15.4 Å². The third kappa shape index (κ3) is 5.43. The number of aryl methyl sites for hydroxylation is 1. The molecule has 9 heteroatoms. The molecule has 1 saturated heterocycles. The van der Waals surface area contributed by atoms with Gasteiger partial charge >= 0.3 is 0 Å². The zero-order valence-corrected chi connectivity index (χ0v) is 17.0. The van der Waals surface area contributed by atoms with E-state index >= 15 is 0 Å². The first-order chi connectivity index (χ1) is 12.8. The zero-order valence-electron chi connectivity index (χ0n) is 15.4. The molecule has 2 aromatic rings. The average Bonchev–Trinajstić information content (AvgIpc) is 2.64. The first kappa shape index (κ1) is 22.1. The van der Waals surface area contributed by atoms with Crippen LogP contribution in [0, 0.1) is 12.7 Å². The molecule has 0 aromatic heterocycles. The maximum atomic E-state index is 13.7. The predicted octanol–water partition coefficient (Wildman–Crippen LogP) is 2.84. The van der Waals surface area contributed by atoms with Gasteiger partial charge in [-0.1, -0.05) is 12.1 Å². The molecule has 0 aliphatic carbocycles. The molecule has 6 nitrogen and oxygen atoms in total. The van der Waals surface area contributed by atoms with Crippen LogP contribution in [0.1, 0.15) is 28.8 Å². The molecule has 1 amide bonds. The van der Waals surface area contributed by atoms with Crippen molar-refractivity contribution in [2.75, 3.05) is 17.8 Å². The van der Waals surface area contributed by atoms with Gasteiger partial charge in [0.25, 0.3) is 15.9 Å². The standard InChI is InChI=1S/C19H22FN3O3S.ClH/c1-13-7-8-17(11-18(13)20)27(25,26)23-15-5-2-4-14(10-15)19(24)22-16-6-3-9-21-12-16;/h2,4-5,7-8,10-11,16,21,23H,3,6,9,12H2,1H3,(H,22,24);1H. The number of nitrogens with one attached hydrogen (secondary N) is 3. The van der Waals surface area contributed by atoms with Gasteiger partial charge < -0.3 is 10.6 Å². The fourth-order valence-electron chi connectivity index (χ4n) is 2.92. The van der Waals surface area contributed by atoms with Crippen molar-refractivity contribution in [3.63, 3.8) is 0 Å². The van der Waals surface area contributed by atoms with E-state index in [1.807, 2.05) is 0 Å². The second-order valence-electron chi connectivity index (χ2n) is 6.61. The Hall–Kier alpha value is -2.16. The summed E-state index contributed by atoms with van der Waals surface area (Å²) >= 11 is 0. The van der Waals surface area contributed by atoms with E-state index in [0.717, 1.165) is 32.0 Å². The molecular weight excluding hydrogens is 405 g/mol. The molecule has 1 aliphatic heterocycles. The highest BCUT2D eigenvalue weighted by molar-refractivity contribution is 7.92. The number of piperidine rings is 1. The highest BCUT2D eigenvalue weighted by Crippen LogP contribution is 2.19. The molecule has 1 unspecified atom stereocenters. The number of hydrogen-bond acceptors (Lipinski definition) is 4. The highest BCUT2D eigenvalue weighted by Gasteiger charge is 2.19. The fraction of sp³-hybridized carbons (Fsp3) is 0.316. The minimum Gasteiger partial charge on any atom is -0.348 e. The van der Waals surface area contributed by atoms with Crippen LogP contribution in [0.15, 0.2) is 47.4 Å². The van der Waals surface area contributed by atoms with Crippen LogP contribution in [0.3, 0.4) is 0 Å². The number of hydrogen-bond donors (Lipinski definition) is 3. The van der Waals surface area contributed by atoms with Gasteiger partial charge in [-0.15, -0.1) is 12.4 Å². The number of halogens is 2. The lowest BCUT2D eigenvalue weighted by molar-refractivity contribution is 0.0930. The number of anilines is 1. The summed E-state index contributed by atoms with van der Waals surface area (Å²) in [6.45, 7) is 3.23. The average molecular weight is 428 g/mol. The van der Waals surface area contributed by atoms with Crippen molar-refractivity contribution < 1.29 is 17.6 Å². The van der Waals surface area contributed by atoms with Crippen LogP contribution in [-0.2, 0) is 10.0 Å². The molecule has 28 heavy (non-hydrogen) atoms.